The summed E-state index contributed by atoms with van der Waals surface area (Å²) in [6, 6.07) is 6.56. The van der Waals surface area contributed by atoms with E-state index in [1.807, 2.05) is 24.3 Å². The van der Waals surface area contributed by atoms with E-state index in [0.29, 0.717) is 32.7 Å². The third-order valence-corrected chi connectivity index (χ3v) is 3.37. The van der Waals surface area contributed by atoms with Crippen molar-refractivity contribution in [1.29, 1.82) is 0 Å². The van der Waals surface area contributed by atoms with Crippen molar-refractivity contribution in [2.24, 2.45) is 0 Å². The molecule has 0 aromatic heterocycles. The molecule has 6 nitrogen and oxygen atoms in total. The monoisotopic (exact) mass is 333 g/mol. The molecule has 24 heavy (non-hydrogen) atoms. The van der Waals surface area contributed by atoms with E-state index in [1.165, 1.54) is 0 Å². The number of anilines is 1. The molecule has 1 atom stereocenters. The zero-order valence-corrected chi connectivity index (χ0v) is 14.0. The van der Waals surface area contributed by atoms with Gasteiger partial charge in [0, 0.05) is 18.5 Å². The van der Waals surface area contributed by atoms with E-state index in [-0.39, 0.29) is 6.29 Å². The highest BCUT2D eigenvalue weighted by Crippen LogP contribution is 2.16. The van der Waals surface area contributed by atoms with E-state index >= 15 is 0 Å². The highest BCUT2D eigenvalue weighted by atomic mass is 16.7. The summed E-state index contributed by atoms with van der Waals surface area (Å²) in [5, 5.41) is 3.08. The summed E-state index contributed by atoms with van der Waals surface area (Å²) in [5.41, 5.74) is 0.769. The average molecular weight is 333 g/mol. The van der Waals surface area contributed by atoms with Crippen LogP contribution in [0.5, 0.6) is 5.75 Å². The van der Waals surface area contributed by atoms with Crippen LogP contribution >= 0.6 is 0 Å². The topological polar surface area (TPSA) is 66.0 Å². The Kier molecular flexibility index (Phi) is 7.40. The Bertz CT molecular complexity index is 569. The van der Waals surface area contributed by atoms with Crippen LogP contribution in [0, 0.1) is 11.8 Å². The normalized spacial score (nSPS) is 15.2. The third-order valence-electron chi connectivity index (χ3n) is 3.37. The number of esters is 1. The van der Waals surface area contributed by atoms with Gasteiger partial charge in [0.15, 0.2) is 12.3 Å². The Labute approximate surface area is 142 Å². The fraction of sp³-hybridized carbons (Fsp3) is 0.500. The molecule has 1 N–H and O–H groups in total. The van der Waals surface area contributed by atoms with Crippen LogP contribution in [0.15, 0.2) is 24.3 Å². The van der Waals surface area contributed by atoms with E-state index in [4.69, 9.17) is 18.9 Å². The van der Waals surface area contributed by atoms with Crippen LogP contribution in [0.4, 0.5) is 5.69 Å². The molecule has 0 bridgehead atoms. The number of rotatable bonds is 7. The molecule has 1 aromatic carbocycles. The van der Waals surface area contributed by atoms with Crippen molar-refractivity contribution < 1.29 is 23.7 Å². The molecular weight excluding hydrogens is 310 g/mol. The molecule has 0 spiro atoms. The second kappa shape index (κ2) is 9.81. The fourth-order valence-corrected chi connectivity index (χ4v) is 2.17. The summed E-state index contributed by atoms with van der Waals surface area (Å²) in [7, 11) is 1.60. The smallest absolute Gasteiger partial charge is 0.341 e. The summed E-state index contributed by atoms with van der Waals surface area (Å²) >= 11 is 0. The zero-order valence-electron chi connectivity index (χ0n) is 14.0. The number of methoxy groups -OCH3 is 1. The van der Waals surface area contributed by atoms with E-state index < -0.39 is 12.0 Å². The highest BCUT2D eigenvalue weighted by Gasteiger charge is 2.17. The Balaban J connectivity index is 1.94. The highest BCUT2D eigenvalue weighted by molar-refractivity contribution is 5.83. The van der Waals surface area contributed by atoms with Crippen molar-refractivity contribution in [1.82, 2.24) is 0 Å². The van der Waals surface area contributed by atoms with Gasteiger partial charge < -0.3 is 24.3 Å². The maximum Gasteiger partial charge on any atom is 0.341 e. The molecule has 0 saturated carbocycles. The van der Waals surface area contributed by atoms with Crippen LogP contribution in [0.2, 0.25) is 0 Å². The van der Waals surface area contributed by atoms with Crippen LogP contribution in [0.25, 0.3) is 0 Å². The van der Waals surface area contributed by atoms with Crippen LogP contribution in [-0.2, 0) is 19.0 Å². The lowest BCUT2D eigenvalue weighted by atomic mass is 10.2. The summed E-state index contributed by atoms with van der Waals surface area (Å²) < 4.78 is 20.9. The zero-order chi connectivity index (χ0) is 17.2. The van der Waals surface area contributed by atoms with Crippen LogP contribution in [0.3, 0.4) is 0 Å². The number of benzene rings is 1. The minimum absolute atomic E-state index is 0.185. The first-order chi connectivity index (χ1) is 11.7. The van der Waals surface area contributed by atoms with Gasteiger partial charge in [-0.3, -0.25) is 0 Å². The number of hydrogen-bond donors (Lipinski definition) is 1. The van der Waals surface area contributed by atoms with Crippen molar-refractivity contribution in [2.75, 3.05) is 32.2 Å². The predicted molar refractivity (Wildman–Crippen MR) is 89.7 cm³/mol. The summed E-state index contributed by atoms with van der Waals surface area (Å²) in [6.07, 6.45) is 1.09. The van der Waals surface area contributed by atoms with Crippen molar-refractivity contribution in [3.63, 3.8) is 0 Å². The SMILES string of the molecule is CCOC(=O)[C@H](C#CCCC1OCCO1)Nc1ccc(OC)cc1. The maximum atomic E-state index is 12.1. The number of ether oxygens (including phenoxy) is 4. The third kappa shape index (κ3) is 5.76. The first-order valence-corrected chi connectivity index (χ1v) is 8.01. The first-order valence-electron chi connectivity index (χ1n) is 8.01. The maximum absolute atomic E-state index is 12.1. The minimum atomic E-state index is -0.719. The standard InChI is InChI=1S/C18H23NO5/c1-3-22-18(20)16(6-4-5-7-17-23-12-13-24-17)19-14-8-10-15(21-2)11-9-14/h8-11,16-17,19H,3,5,7,12-13H2,1-2H3/t16-/m0/s1. The molecule has 1 heterocycles. The van der Waals surface area contributed by atoms with Crippen LogP contribution in [0.1, 0.15) is 19.8 Å². The minimum Gasteiger partial charge on any atom is -0.497 e. The van der Waals surface area contributed by atoms with Gasteiger partial charge in [0.2, 0.25) is 0 Å². The number of carbonyl (C=O) groups is 1. The van der Waals surface area contributed by atoms with Crippen molar-refractivity contribution in [2.45, 2.75) is 32.1 Å². The van der Waals surface area contributed by atoms with E-state index in [9.17, 15) is 4.79 Å². The summed E-state index contributed by atoms with van der Waals surface area (Å²) in [6.45, 7) is 3.33. The van der Waals surface area contributed by atoms with Gasteiger partial charge in [-0.15, -0.1) is 5.92 Å². The van der Waals surface area contributed by atoms with Crippen LogP contribution < -0.4 is 10.1 Å². The molecule has 0 amide bonds. The first kappa shape index (κ1) is 18.1. The van der Waals surface area contributed by atoms with E-state index in [1.54, 1.807) is 14.0 Å². The predicted octanol–water partition coefficient (Wildman–Crippen LogP) is 2.20. The van der Waals surface area contributed by atoms with Gasteiger partial charge in [-0.25, -0.2) is 4.79 Å². The lowest BCUT2D eigenvalue weighted by Crippen LogP contribution is -2.30. The van der Waals surface area contributed by atoms with Gasteiger partial charge in [0.05, 0.1) is 26.9 Å². The lowest BCUT2D eigenvalue weighted by Gasteiger charge is -2.13. The van der Waals surface area contributed by atoms with Gasteiger partial charge in [-0.05, 0) is 31.2 Å². The quantitative estimate of drug-likeness (QED) is 0.609. The number of carbonyl (C=O) groups excluding carboxylic acids is 1. The summed E-state index contributed by atoms with van der Waals surface area (Å²) in [5.74, 6) is 6.28. The molecule has 1 saturated heterocycles. The Hall–Kier alpha value is -2.23. The molecule has 130 valence electrons. The molecule has 1 aliphatic heterocycles. The lowest BCUT2D eigenvalue weighted by molar-refractivity contribution is -0.142. The van der Waals surface area contributed by atoms with Crippen molar-refractivity contribution in [3.05, 3.63) is 24.3 Å². The second-order valence-electron chi connectivity index (χ2n) is 5.09. The van der Waals surface area contributed by atoms with E-state index in [2.05, 4.69) is 17.2 Å². The molecule has 1 aliphatic rings. The fourth-order valence-electron chi connectivity index (χ4n) is 2.17. The van der Waals surface area contributed by atoms with Gasteiger partial charge in [0.25, 0.3) is 0 Å². The molecule has 1 fully saturated rings. The summed E-state index contributed by atoms with van der Waals surface area (Å²) in [4.78, 5) is 12.1. The largest absolute Gasteiger partial charge is 0.497 e. The van der Waals surface area contributed by atoms with E-state index in [0.717, 1.165) is 11.4 Å². The molecule has 2 rings (SSSR count). The van der Waals surface area contributed by atoms with Crippen molar-refractivity contribution >= 4 is 11.7 Å². The van der Waals surface area contributed by atoms with Crippen LogP contribution in [-0.4, -0.2) is 45.2 Å². The van der Waals surface area contributed by atoms with Gasteiger partial charge >= 0.3 is 5.97 Å². The molecule has 0 unspecified atom stereocenters. The molecule has 0 aliphatic carbocycles. The van der Waals surface area contributed by atoms with Crippen molar-refractivity contribution in [3.8, 4) is 17.6 Å². The number of hydrogen-bond acceptors (Lipinski definition) is 6. The Morgan fingerprint density at radius 2 is 2.04 bits per heavy atom. The van der Waals surface area contributed by atoms with Gasteiger partial charge in [0.1, 0.15) is 5.75 Å². The average Bonchev–Trinajstić information content (AvgIpc) is 3.12. The van der Waals surface area contributed by atoms with Gasteiger partial charge in [-0.2, -0.15) is 0 Å². The Morgan fingerprint density at radius 1 is 1.33 bits per heavy atom. The molecule has 0 radical (unpaired) electrons. The Morgan fingerprint density at radius 3 is 2.67 bits per heavy atom. The molecule has 1 aromatic rings. The van der Waals surface area contributed by atoms with Gasteiger partial charge in [-0.1, -0.05) is 5.92 Å². The second-order valence-corrected chi connectivity index (χ2v) is 5.09. The number of nitrogens with one attached hydrogen (secondary N) is 1. The molecule has 6 heteroatoms. The molecular formula is C18H23NO5.